The summed E-state index contributed by atoms with van der Waals surface area (Å²) in [5, 5.41) is 4.42. The number of hydrogen-bond donors (Lipinski definition) is 1. The van der Waals surface area contributed by atoms with Crippen molar-refractivity contribution in [1.82, 2.24) is 0 Å². The van der Waals surface area contributed by atoms with Gasteiger partial charge in [-0.15, -0.1) is 0 Å². The Bertz CT molecular complexity index is 927. The third kappa shape index (κ3) is 3.51. The van der Waals surface area contributed by atoms with Crippen molar-refractivity contribution in [3.8, 4) is 0 Å². The lowest BCUT2D eigenvalue weighted by Crippen LogP contribution is -2.14. The summed E-state index contributed by atoms with van der Waals surface area (Å²) in [7, 11) is 0. The van der Waals surface area contributed by atoms with Crippen LogP contribution < -0.4 is 5.32 Å². The van der Waals surface area contributed by atoms with Crippen LogP contribution in [0.2, 0.25) is 5.02 Å². The summed E-state index contributed by atoms with van der Waals surface area (Å²) >= 11 is 6.07. The fourth-order valence-corrected chi connectivity index (χ4v) is 3.45. The van der Waals surface area contributed by atoms with Crippen molar-refractivity contribution in [2.24, 2.45) is 4.99 Å². The third-order valence-electron chi connectivity index (χ3n) is 4.85. The van der Waals surface area contributed by atoms with Crippen LogP contribution in [-0.2, 0) is 6.42 Å². The van der Waals surface area contributed by atoms with E-state index in [1.54, 1.807) is 0 Å². The van der Waals surface area contributed by atoms with Crippen molar-refractivity contribution in [3.05, 3.63) is 94.5 Å². The van der Waals surface area contributed by atoms with Crippen molar-refractivity contribution < 1.29 is 0 Å². The maximum Gasteiger partial charge on any atom is 0.0864 e. The van der Waals surface area contributed by atoms with Crippen molar-refractivity contribution in [2.45, 2.75) is 25.8 Å². The molecule has 130 valence electrons. The van der Waals surface area contributed by atoms with Crippen LogP contribution >= 0.6 is 11.6 Å². The summed E-state index contributed by atoms with van der Waals surface area (Å²) in [6, 6.07) is 25.2. The molecule has 1 atom stereocenters. The average Bonchev–Trinajstić information content (AvgIpc) is 2.88. The van der Waals surface area contributed by atoms with E-state index in [0.717, 1.165) is 35.0 Å². The van der Waals surface area contributed by atoms with E-state index in [4.69, 9.17) is 16.6 Å². The molecule has 4 rings (SSSR count). The molecule has 3 aromatic carbocycles. The maximum atomic E-state index is 6.07. The van der Waals surface area contributed by atoms with E-state index in [-0.39, 0.29) is 6.04 Å². The number of halogens is 1. The normalized spacial score (nSPS) is 16.2. The Hall–Kier alpha value is -2.58. The molecule has 26 heavy (non-hydrogen) atoms. The lowest BCUT2D eigenvalue weighted by Gasteiger charge is -2.19. The minimum atomic E-state index is 0.153. The van der Waals surface area contributed by atoms with Crippen molar-refractivity contribution >= 4 is 28.7 Å². The maximum absolute atomic E-state index is 6.07. The second-order valence-corrected chi connectivity index (χ2v) is 7.02. The Morgan fingerprint density at radius 3 is 2.42 bits per heavy atom. The minimum absolute atomic E-state index is 0.153. The molecule has 0 aromatic heterocycles. The zero-order valence-corrected chi connectivity index (χ0v) is 15.5. The van der Waals surface area contributed by atoms with Gasteiger partial charge in [0, 0.05) is 11.4 Å². The van der Waals surface area contributed by atoms with Crippen LogP contribution in [0.1, 0.15) is 36.1 Å². The van der Waals surface area contributed by atoms with Crippen molar-refractivity contribution in [2.75, 3.05) is 5.32 Å². The highest BCUT2D eigenvalue weighted by Gasteiger charge is 2.20. The van der Waals surface area contributed by atoms with Gasteiger partial charge in [0.2, 0.25) is 0 Å². The van der Waals surface area contributed by atoms with Gasteiger partial charge in [0.25, 0.3) is 0 Å². The van der Waals surface area contributed by atoms with Crippen LogP contribution in [0.25, 0.3) is 0 Å². The van der Waals surface area contributed by atoms with Gasteiger partial charge in [-0.25, -0.2) is 0 Å². The largest absolute Gasteiger partial charge is 0.376 e. The van der Waals surface area contributed by atoms with E-state index in [9.17, 15) is 0 Å². The molecule has 0 bridgehead atoms. The predicted molar refractivity (Wildman–Crippen MR) is 111 cm³/mol. The molecule has 0 aliphatic carbocycles. The second kappa shape index (κ2) is 7.35. The first kappa shape index (κ1) is 16.9. The molecular formula is C23H21ClN2. The number of para-hydroxylation sites is 2. The number of nitrogens with zero attached hydrogens (tertiary/aromatic N) is 1. The Kier molecular flexibility index (Phi) is 4.77. The van der Waals surface area contributed by atoms with E-state index >= 15 is 0 Å². The highest BCUT2D eigenvalue weighted by Crippen LogP contribution is 2.35. The molecule has 2 nitrogen and oxygen atoms in total. The van der Waals surface area contributed by atoms with Gasteiger partial charge in [0.15, 0.2) is 0 Å². The first-order valence-corrected chi connectivity index (χ1v) is 9.38. The van der Waals surface area contributed by atoms with E-state index in [2.05, 4.69) is 60.8 Å². The van der Waals surface area contributed by atoms with Crippen molar-refractivity contribution in [3.63, 3.8) is 0 Å². The van der Waals surface area contributed by atoms with E-state index in [0.29, 0.717) is 0 Å². The molecule has 0 unspecified atom stereocenters. The van der Waals surface area contributed by atoms with Gasteiger partial charge < -0.3 is 5.32 Å². The second-order valence-electron chi connectivity index (χ2n) is 6.58. The van der Waals surface area contributed by atoms with Crippen LogP contribution in [0.4, 0.5) is 11.4 Å². The lowest BCUT2D eigenvalue weighted by atomic mass is 9.96. The molecule has 3 aromatic rings. The molecule has 0 spiro atoms. The van der Waals surface area contributed by atoms with Crippen LogP contribution in [0.3, 0.4) is 0 Å². The number of aliphatic imine (C=N–C) groups is 1. The predicted octanol–water partition coefficient (Wildman–Crippen LogP) is 6.58. The number of fused-ring (bicyclic) bond motifs is 1. The zero-order chi connectivity index (χ0) is 17.9. The minimum Gasteiger partial charge on any atom is -0.376 e. The van der Waals surface area contributed by atoms with Gasteiger partial charge in [-0.1, -0.05) is 67.1 Å². The topological polar surface area (TPSA) is 24.4 Å². The Balaban J connectivity index is 1.76. The molecule has 0 radical (unpaired) electrons. The summed E-state index contributed by atoms with van der Waals surface area (Å²) in [6.45, 7) is 2.18. The standard InChI is InChI=1S/C23H21ClN2/c1-2-16-7-9-17(10-8-16)22-15-23(18-11-13-19(24)14-12-18)26-21-6-4-3-5-20(21)25-22/h3-14,23,26H,2,15H2,1H3/t23-/m0/s1. The zero-order valence-electron chi connectivity index (χ0n) is 14.7. The van der Waals surface area contributed by atoms with Crippen LogP contribution in [-0.4, -0.2) is 5.71 Å². The molecule has 0 saturated carbocycles. The molecule has 1 aliphatic rings. The number of aryl methyl sites for hydroxylation is 1. The third-order valence-corrected chi connectivity index (χ3v) is 5.11. The Labute approximate surface area is 159 Å². The van der Waals surface area contributed by atoms with E-state index in [1.165, 1.54) is 16.7 Å². The highest BCUT2D eigenvalue weighted by molar-refractivity contribution is 6.30. The number of hydrogen-bond acceptors (Lipinski definition) is 2. The van der Waals surface area contributed by atoms with Gasteiger partial charge in [-0.3, -0.25) is 4.99 Å². The van der Waals surface area contributed by atoms with Gasteiger partial charge in [-0.2, -0.15) is 0 Å². The molecule has 0 fully saturated rings. The number of nitrogens with one attached hydrogen (secondary N) is 1. The Morgan fingerprint density at radius 1 is 0.962 bits per heavy atom. The molecule has 1 heterocycles. The number of rotatable bonds is 3. The Morgan fingerprint density at radius 2 is 1.69 bits per heavy atom. The average molecular weight is 361 g/mol. The number of benzene rings is 3. The molecular weight excluding hydrogens is 340 g/mol. The summed E-state index contributed by atoms with van der Waals surface area (Å²) in [5.74, 6) is 0. The van der Waals surface area contributed by atoms with Crippen LogP contribution in [0, 0.1) is 0 Å². The van der Waals surface area contributed by atoms with Gasteiger partial charge in [0.1, 0.15) is 0 Å². The van der Waals surface area contributed by atoms with Gasteiger partial charge in [-0.05, 0) is 47.4 Å². The molecule has 0 amide bonds. The number of anilines is 1. The summed E-state index contributed by atoms with van der Waals surface area (Å²) in [5.41, 5.74) is 6.88. The van der Waals surface area contributed by atoms with Crippen molar-refractivity contribution in [1.29, 1.82) is 0 Å². The smallest absolute Gasteiger partial charge is 0.0864 e. The summed E-state index contributed by atoms with van der Waals surface area (Å²) in [4.78, 5) is 4.99. The van der Waals surface area contributed by atoms with Crippen LogP contribution in [0.5, 0.6) is 0 Å². The fourth-order valence-electron chi connectivity index (χ4n) is 3.33. The first-order chi connectivity index (χ1) is 12.7. The monoisotopic (exact) mass is 360 g/mol. The van der Waals surface area contributed by atoms with Gasteiger partial charge in [0.05, 0.1) is 23.1 Å². The SMILES string of the molecule is CCc1ccc(C2=Nc3ccccc3N[C@H](c3ccc(Cl)cc3)C2)cc1. The first-order valence-electron chi connectivity index (χ1n) is 9.01. The van der Waals surface area contributed by atoms with E-state index in [1.807, 2.05) is 24.3 Å². The fraction of sp³-hybridized carbons (Fsp3) is 0.174. The van der Waals surface area contributed by atoms with Crippen LogP contribution in [0.15, 0.2) is 77.8 Å². The highest BCUT2D eigenvalue weighted by atomic mass is 35.5. The molecule has 0 saturated heterocycles. The quantitative estimate of drug-likeness (QED) is 0.560. The summed E-state index contributed by atoms with van der Waals surface area (Å²) < 4.78 is 0. The van der Waals surface area contributed by atoms with E-state index < -0.39 is 0 Å². The summed E-state index contributed by atoms with van der Waals surface area (Å²) in [6.07, 6.45) is 1.87. The molecule has 3 heteroatoms. The lowest BCUT2D eigenvalue weighted by molar-refractivity contribution is 0.828. The molecule has 1 aliphatic heterocycles. The van der Waals surface area contributed by atoms with Gasteiger partial charge >= 0.3 is 0 Å². The molecule has 1 N–H and O–H groups in total.